The largest absolute Gasteiger partial charge is 0.466 e. The molecule has 0 spiro atoms. The molecule has 0 fully saturated rings. The van der Waals surface area contributed by atoms with Gasteiger partial charge in [-0.05, 0) is 6.92 Å². The highest BCUT2D eigenvalue weighted by Crippen LogP contribution is 2.33. The second kappa shape index (κ2) is 5.99. The number of halogens is 3. The van der Waals surface area contributed by atoms with Crippen molar-refractivity contribution in [3.8, 4) is 0 Å². The van der Waals surface area contributed by atoms with E-state index in [1.807, 2.05) is 0 Å². The average molecular weight is 244 g/mol. The Bertz CT molecular complexity index is 240. The monoisotopic (exact) mass is 244 g/mol. The molecule has 0 aliphatic carbocycles. The Kier molecular flexibility index (Phi) is 5.71. The molecule has 0 bridgehead atoms. The summed E-state index contributed by atoms with van der Waals surface area (Å²) in [6, 6.07) is 0. The molecule has 0 amide bonds. The van der Waals surface area contributed by atoms with Crippen LogP contribution < -0.4 is 0 Å². The van der Waals surface area contributed by atoms with Crippen LogP contribution in [-0.4, -0.2) is 29.1 Å². The van der Waals surface area contributed by atoms with E-state index in [9.17, 15) is 22.8 Å². The molecular formula is C8H11F3O3S. The minimum atomic E-state index is -4.58. The maximum Gasteiger partial charge on any atom is 0.401 e. The van der Waals surface area contributed by atoms with Gasteiger partial charge in [0, 0.05) is 6.92 Å². The highest BCUT2D eigenvalue weighted by molar-refractivity contribution is 8.14. The van der Waals surface area contributed by atoms with E-state index in [0.717, 1.165) is 6.92 Å². The molecule has 1 atom stereocenters. The van der Waals surface area contributed by atoms with Gasteiger partial charge < -0.3 is 4.74 Å². The van der Waals surface area contributed by atoms with E-state index in [1.165, 1.54) is 6.92 Å². The van der Waals surface area contributed by atoms with E-state index < -0.39 is 28.9 Å². The number of carbonyl (C=O) groups is 2. The van der Waals surface area contributed by atoms with E-state index in [-0.39, 0.29) is 18.4 Å². The number of hydrogen-bond acceptors (Lipinski definition) is 4. The maximum atomic E-state index is 12.3. The van der Waals surface area contributed by atoms with Crippen molar-refractivity contribution in [1.82, 2.24) is 0 Å². The van der Waals surface area contributed by atoms with Crippen molar-refractivity contribution in [1.29, 1.82) is 0 Å². The molecule has 0 aromatic rings. The summed E-state index contributed by atoms with van der Waals surface area (Å²) in [6.07, 6.45) is -5.41. The van der Waals surface area contributed by atoms with E-state index in [4.69, 9.17) is 0 Å². The van der Waals surface area contributed by atoms with Crippen LogP contribution in [0.15, 0.2) is 0 Å². The van der Waals surface area contributed by atoms with Crippen LogP contribution in [0.2, 0.25) is 0 Å². The van der Waals surface area contributed by atoms with Crippen LogP contribution in [0.1, 0.15) is 20.3 Å². The third-order valence-corrected chi connectivity index (χ3v) is 2.38. The summed E-state index contributed by atoms with van der Waals surface area (Å²) in [5, 5.41) is -2.70. The number of rotatable bonds is 4. The predicted octanol–water partition coefficient (Wildman–Crippen LogP) is 2.15. The third kappa shape index (κ3) is 6.38. The molecular weight excluding hydrogens is 233 g/mol. The fourth-order valence-corrected chi connectivity index (χ4v) is 1.55. The number of alkyl halides is 3. The molecule has 0 aromatic heterocycles. The second-order valence-electron chi connectivity index (χ2n) is 2.65. The van der Waals surface area contributed by atoms with Crippen LogP contribution in [0.5, 0.6) is 0 Å². The topological polar surface area (TPSA) is 43.4 Å². The molecule has 0 aromatic carbocycles. The van der Waals surface area contributed by atoms with Crippen molar-refractivity contribution in [3.63, 3.8) is 0 Å². The van der Waals surface area contributed by atoms with Crippen LogP contribution in [0.25, 0.3) is 0 Å². The highest BCUT2D eigenvalue weighted by atomic mass is 32.2. The molecule has 0 rings (SSSR count). The molecule has 0 saturated heterocycles. The summed E-state index contributed by atoms with van der Waals surface area (Å²) < 4.78 is 41.3. The maximum absolute atomic E-state index is 12.3. The fraction of sp³-hybridized carbons (Fsp3) is 0.750. The Morgan fingerprint density at radius 3 is 2.27 bits per heavy atom. The fourth-order valence-electron chi connectivity index (χ4n) is 0.796. The first-order valence-corrected chi connectivity index (χ1v) is 5.05. The van der Waals surface area contributed by atoms with Gasteiger partial charge >= 0.3 is 12.1 Å². The summed E-state index contributed by atoms with van der Waals surface area (Å²) >= 11 is 0.0960. The molecule has 15 heavy (non-hydrogen) atoms. The van der Waals surface area contributed by atoms with Crippen LogP contribution in [-0.2, 0) is 14.3 Å². The van der Waals surface area contributed by atoms with Gasteiger partial charge in [-0.15, -0.1) is 0 Å². The van der Waals surface area contributed by atoms with E-state index in [1.54, 1.807) is 0 Å². The molecule has 0 aliphatic rings. The van der Waals surface area contributed by atoms with Gasteiger partial charge in [-0.1, -0.05) is 11.8 Å². The zero-order valence-corrected chi connectivity index (χ0v) is 9.07. The Morgan fingerprint density at radius 1 is 1.40 bits per heavy atom. The molecule has 0 heterocycles. The van der Waals surface area contributed by atoms with Gasteiger partial charge in [0.05, 0.1) is 13.0 Å². The van der Waals surface area contributed by atoms with Gasteiger partial charge in [-0.2, -0.15) is 13.2 Å². The quantitative estimate of drug-likeness (QED) is 0.711. The molecule has 3 nitrogen and oxygen atoms in total. The number of thioether (sulfide) groups is 1. The predicted molar refractivity (Wildman–Crippen MR) is 49.4 cm³/mol. The summed E-state index contributed by atoms with van der Waals surface area (Å²) in [6.45, 7) is 2.54. The van der Waals surface area contributed by atoms with Crippen LogP contribution in [0, 0.1) is 0 Å². The molecule has 88 valence electrons. The lowest BCUT2D eigenvalue weighted by molar-refractivity contribution is -0.154. The van der Waals surface area contributed by atoms with Crippen molar-refractivity contribution in [2.45, 2.75) is 31.7 Å². The van der Waals surface area contributed by atoms with Crippen LogP contribution in [0.4, 0.5) is 13.2 Å². The lowest BCUT2D eigenvalue weighted by Gasteiger charge is -2.17. The Hall–Kier alpha value is -0.720. The van der Waals surface area contributed by atoms with Crippen molar-refractivity contribution < 1.29 is 27.5 Å². The van der Waals surface area contributed by atoms with Gasteiger partial charge in [0.15, 0.2) is 5.12 Å². The van der Waals surface area contributed by atoms with Gasteiger partial charge in [0.2, 0.25) is 0 Å². The Balaban J connectivity index is 4.38. The summed E-state index contributed by atoms with van der Waals surface area (Å²) in [5.41, 5.74) is 0. The Morgan fingerprint density at radius 2 is 1.93 bits per heavy atom. The molecule has 0 saturated carbocycles. The second-order valence-corrected chi connectivity index (χ2v) is 4.03. The summed E-state index contributed by atoms with van der Waals surface area (Å²) in [4.78, 5) is 21.4. The first-order chi connectivity index (χ1) is 6.77. The highest BCUT2D eigenvalue weighted by Gasteiger charge is 2.42. The van der Waals surface area contributed by atoms with E-state index >= 15 is 0 Å². The average Bonchev–Trinajstić information content (AvgIpc) is 2.00. The van der Waals surface area contributed by atoms with E-state index in [0.29, 0.717) is 0 Å². The Labute approximate surface area is 89.4 Å². The number of esters is 1. The molecule has 7 heteroatoms. The summed E-state index contributed by atoms with van der Waals surface area (Å²) in [5.74, 6) is -0.950. The molecule has 1 unspecified atom stereocenters. The number of hydrogen-bond donors (Lipinski definition) is 0. The zero-order chi connectivity index (χ0) is 12.1. The third-order valence-electron chi connectivity index (χ3n) is 1.33. The van der Waals surface area contributed by atoms with Crippen LogP contribution >= 0.6 is 11.8 Å². The lowest BCUT2D eigenvalue weighted by atomic mass is 10.3. The minimum Gasteiger partial charge on any atom is -0.466 e. The van der Waals surface area contributed by atoms with Gasteiger partial charge in [-0.3, -0.25) is 9.59 Å². The smallest absolute Gasteiger partial charge is 0.401 e. The lowest BCUT2D eigenvalue weighted by Crippen LogP contribution is -2.30. The van der Waals surface area contributed by atoms with Crippen molar-refractivity contribution in [2.24, 2.45) is 0 Å². The first-order valence-electron chi connectivity index (χ1n) is 4.17. The standard InChI is InChI=1S/C8H11F3O3S/c1-3-14-7(13)4-6(8(9,10)11)15-5(2)12/h6H,3-4H2,1-2H3. The van der Waals surface area contributed by atoms with Gasteiger partial charge in [-0.25, -0.2) is 0 Å². The number of ether oxygens (including phenoxy) is 1. The first kappa shape index (κ1) is 14.3. The molecule has 0 aliphatic heterocycles. The van der Waals surface area contributed by atoms with Crippen LogP contribution in [0.3, 0.4) is 0 Å². The molecule has 0 radical (unpaired) electrons. The van der Waals surface area contributed by atoms with Gasteiger partial charge in [0.25, 0.3) is 0 Å². The zero-order valence-electron chi connectivity index (χ0n) is 8.26. The van der Waals surface area contributed by atoms with Crippen molar-refractivity contribution in [3.05, 3.63) is 0 Å². The van der Waals surface area contributed by atoms with Gasteiger partial charge in [0.1, 0.15) is 5.25 Å². The van der Waals surface area contributed by atoms with Crippen molar-refractivity contribution in [2.75, 3.05) is 6.61 Å². The number of carbonyl (C=O) groups excluding carboxylic acids is 2. The molecule has 0 N–H and O–H groups in total. The minimum absolute atomic E-state index is 0.0220. The SMILES string of the molecule is CCOC(=O)CC(SC(C)=O)C(F)(F)F. The van der Waals surface area contributed by atoms with E-state index in [2.05, 4.69) is 4.74 Å². The van der Waals surface area contributed by atoms with Crippen molar-refractivity contribution >= 4 is 22.8 Å². The summed E-state index contributed by atoms with van der Waals surface area (Å²) in [7, 11) is 0. The normalized spacial score (nSPS) is 13.4.